The van der Waals surface area contributed by atoms with E-state index in [9.17, 15) is 0 Å². The normalized spacial score (nSPS) is 13.5. The lowest BCUT2D eigenvalue weighted by Gasteiger charge is -2.20. The number of hydrogen-bond acceptors (Lipinski definition) is 1. The quantitative estimate of drug-likeness (QED) is 0.529. The van der Waals surface area contributed by atoms with Crippen LogP contribution in [0.2, 0.25) is 13.1 Å². The van der Waals surface area contributed by atoms with E-state index in [0.29, 0.717) is 0 Å². The van der Waals surface area contributed by atoms with E-state index in [1.165, 1.54) is 33.1 Å². The average Bonchev–Trinajstić information content (AvgIpc) is 2.03. The molecule has 0 spiro atoms. The summed E-state index contributed by atoms with van der Waals surface area (Å²) in [5, 5.41) is 0. The van der Waals surface area contributed by atoms with Crippen LogP contribution in [0.15, 0.2) is 0 Å². The molecule has 0 aromatic rings. The third kappa shape index (κ3) is 5.31. The van der Waals surface area contributed by atoms with Crippen LogP contribution in [0.1, 0.15) is 20.3 Å². The van der Waals surface area contributed by atoms with Gasteiger partial charge in [0.15, 0.2) is 0 Å². The van der Waals surface area contributed by atoms with Crippen molar-refractivity contribution >= 4 is 7.28 Å². The van der Waals surface area contributed by atoms with Crippen molar-refractivity contribution in [2.45, 2.75) is 33.4 Å². The van der Waals surface area contributed by atoms with Crippen LogP contribution in [0, 0.1) is 5.92 Å². The van der Waals surface area contributed by atoms with Crippen LogP contribution < -0.4 is 0 Å². The molecule has 2 heteroatoms. The monoisotopic (exact) mass is 155 g/mol. The van der Waals surface area contributed by atoms with Gasteiger partial charge in [0.1, 0.15) is 7.28 Å². The molecule has 66 valence electrons. The highest BCUT2D eigenvalue weighted by Crippen LogP contribution is 2.09. The first-order valence-corrected chi connectivity index (χ1v) is 4.93. The minimum absolute atomic E-state index is 0.921. The zero-order valence-corrected chi connectivity index (χ0v) is 8.56. The fraction of sp³-hybridized carbons (Fsp3) is 1.00. The van der Waals surface area contributed by atoms with Gasteiger partial charge in [-0.15, -0.1) is 0 Å². The van der Waals surface area contributed by atoms with E-state index in [4.69, 9.17) is 0 Å². The Kier molecular flexibility index (Phi) is 6.73. The molecule has 0 saturated carbocycles. The van der Waals surface area contributed by atoms with Gasteiger partial charge in [-0.05, 0) is 26.1 Å². The van der Waals surface area contributed by atoms with Crippen molar-refractivity contribution in [2.75, 3.05) is 20.1 Å². The van der Waals surface area contributed by atoms with Crippen molar-refractivity contribution < 1.29 is 0 Å². The van der Waals surface area contributed by atoms with Gasteiger partial charge in [0.25, 0.3) is 0 Å². The van der Waals surface area contributed by atoms with Crippen molar-refractivity contribution in [1.82, 2.24) is 4.90 Å². The summed E-state index contributed by atoms with van der Waals surface area (Å²) in [4.78, 5) is 2.41. The molecular formula is C9H22BN. The summed E-state index contributed by atoms with van der Waals surface area (Å²) in [7, 11) is 3.54. The molecule has 1 atom stereocenters. The fourth-order valence-electron chi connectivity index (χ4n) is 1.40. The molecule has 0 fully saturated rings. The van der Waals surface area contributed by atoms with Crippen LogP contribution in [-0.4, -0.2) is 32.3 Å². The van der Waals surface area contributed by atoms with Crippen LogP contribution in [0.3, 0.4) is 0 Å². The topological polar surface area (TPSA) is 3.24 Å². The van der Waals surface area contributed by atoms with E-state index >= 15 is 0 Å². The van der Waals surface area contributed by atoms with Crippen molar-refractivity contribution in [3.8, 4) is 0 Å². The molecule has 0 bridgehead atoms. The molecule has 0 aliphatic rings. The first kappa shape index (κ1) is 11.0. The van der Waals surface area contributed by atoms with Crippen LogP contribution in [0.4, 0.5) is 0 Å². The number of rotatable bonds is 6. The molecule has 0 aliphatic heterocycles. The predicted octanol–water partition coefficient (Wildman–Crippen LogP) is 1.87. The third-order valence-electron chi connectivity index (χ3n) is 2.38. The number of hydrogen-bond donors (Lipinski definition) is 0. The minimum Gasteiger partial charge on any atom is -0.306 e. The molecular weight excluding hydrogens is 133 g/mol. The Morgan fingerprint density at radius 1 is 1.36 bits per heavy atom. The molecule has 0 aromatic carbocycles. The van der Waals surface area contributed by atoms with Gasteiger partial charge in [-0.25, -0.2) is 0 Å². The lowest BCUT2D eigenvalue weighted by Crippen LogP contribution is -2.25. The van der Waals surface area contributed by atoms with E-state index in [1.807, 2.05) is 0 Å². The molecule has 0 amide bonds. The average molecular weight is 155 g/mol. The molecule has 0 N–H and O–H groups in total. The Hall–Kier alpha value is 0.0249. The van der Waals surface area contributed by atoms with Crippen molar-refractivity contribution in [3.05, 3.63) is 0 Å². The Bertz CT molecular complexity index is 85.6. The molecule has 0 radical (unpaired) electrons. The van der Waals surface area contributed by atoms with E-state index in [0.717, 1.165) is 5.92 Å². The summed E-state index contributed by atoms with van der Waals surface area (Å²) in [6, 6.07) is 0. The molecule has 11 heavy (non-hydrogen) atoms. The van der Waals surface area contributed by atoms with E-state index in [1.54, 1.807) is 0 Å². The second-order valence-electron chi connectivity index (χ2n) is 3.42. The molecule has 1 unspecified atom stereocenters. The van der Waals surface area contributed by atoms with Gasteiger partial charge in [-0.2, -0.15) is 0 Å². The summed E-state index contributed by atoms with van der Waals surface area (Å²) in [6.45, 7) is 9.25. The SMILES string of the molecule is CBCC(CC)CN(C)CC. The maximum absolute atomic E-state index is 2.41. The first-order chi connectivity index (χ1) is 5.24. The van der Waals surface area contributed by atoms with Crippen molar-refractivity contribution in [2.24, 2.45) is 5.92 Å². The third-order valence-corrected chi connectivity index (χ3v) is 2.38. The summed E-state index contributed by atoms with van der Waals surface area (Å²) >= 11 is 0. The second kappa shape index (κ2) is 6.72. The summed E-state index contributed by atoms with van der Waals surface area (Å²) in [5.41, 5.74) is 0. The standard InChI is InChI=1S/C9H22BN/c1-5-9(7-10-3)8-11(4)6-2/h9-10H,5-8H2,1-4H3. The Morgan fingerprint density at radius 2 is 2.00 bits per heavy atom. The Labute approximate surface area is 72.4 Å². The van der Waals surface area contributed by atoms with Gasteiger partial charge in [0.05, 0.1) is 0 Å². The Balaban J connectivity index is 3.49. The maximum atomic E-state index is 2.41. The summed E-state index contributed by atoms with van der Waals surface area (Å²) in [6.07, 6.45) is 2.72. The highest BCUT2D eigenvalue weighted by Gasteiger charge is 2.06. The van der Waals surface area contributed by atoms with E-state index in [-0.39, 0.29) is 0 Å². The second-order valence-corrected chi connectivity index (χ2v) is 3.42. The van der Waals surface area contributed by atoms with Gasteiger partial charge < -0.3 is 4.90 Å². The highest BCUT2D eigenvalue weighted by atomic mass is 15.1. The smallest absolute Gasteiger partial charge is 0.117 e. The first-order valence-electron chi connectivity index (χ1n) is 4.93. The van der Waals surface area contributed by atoms with Crippen molar-refractivity contribution in [3.63, 3.8) is 0 Å². The summed E-state index contributed by atoms with van der Waals surface area (Å²) in [5.74, 6) is 0.921. The fourth-order valence-corrected chi connectivity index (χ4v) is 1.40. The van der Waals surface area contributed by atoms with Crippen LogP contribution in [0.5, 0.6) is 0 Å². The highest BCUT2D eigenvalue weighted by molar-refractivity contribution is 6.33. The van der Waals surface area contributed by atoms with Crippen LogP contribution in [0.25, 0.3) is 0 Å². The van der Waals surface area contributed by atoms with Gasteiger partial charge in [0.2, 0.25) is 0 Å². The molecule has 0 rings (SSSR count). The minimum atomic E-state index is 0.921. The van der Waals surface area contributed by atoms with E-state index < -0.39 is 0 Å². The summed E-state index contributed by atoms with van der Waals surface area (Å²) < 4.78 is 0. The van der Waals surface area contributed by atoms with E-state index in [2.05, 4.69) is 32.6 Å². The van der Waals surface area contributed by atoms with Crippen LogP contribution >= 0.6 is 0 Å². The van der Waals surface area contributed by atoms with Gasteiger partial charge in [-0.3, -0.25) is 0 Å². The lowest BCUT2D eigenvalue weighted by molar-refractivity contribution is 0.295. The van der Waals surface area contributed by atoms with Crippen molar-refractivity contribution in [1.29, 1.82) is 0 Å². The molecule has 0 heterocycles. The number of nitrogens with zero attached hydrogens (tertiary/aromatic N) is 1. The molecule has 0 saturated heterocycles. The lowest BCUT2D eigenvalue weighted by atomic mass is 9.71. The largest absolute Gasteiger partial charge is 0.306 e. The Morgan fingerprint density at radius 3 is 2.36 bits per heavy atom. The predicted molar refractivity (Wildman–Crippen MR) is 54.8 cm³/mol. The van der Waals surface area contributed by atoms with Gasteiger partial charge in [-0.1, -0.05) is 33.4 Å². The maximum Gasteiger partial charge on any atom is 0.117 e. The molecule has 1 nitrogen and oxygen atoms in total. The zero-order valence-electron chi connectivity index (χ0n) is 8.56. The molecule has 0 aromatic heterocycles. The van der Waals surface area contributed by atoms with Gasteiger partial charge in [0, 0.05) is 0 Å². The molecule has 0 aliphatic carbocycles. The zero-order chi connectivity index (χ0) is 8.69. The van der Waals surface area contributed by atoms with Gasteiger partial charge >= 0.3 is 0 Å². The van der Waals surface area contributed by atoms with Crippen LogP contribution in [-0.2, 0) is 0 Å².